The summed E-state index contributed by atoms with van der Waals surface area (Å²) < 4.78 is 0. The van der Waals surface area contributed by atoms with Crippen molar-refractivity contribution in [2.45, 2.75) is 13.3 Å². The third-order valence-electron chi connectivity index (χ3n) is 1.75. The Labute approximate surface area is 74.4 Å². The molecule has 0 bridgehead atoms. The number of benzene rings is 1. The number of phenolic OH excluding ortho intramolecular Hbond substituents is 2. The SMILES string of the molecule is CCc1cc(O)c(O)cc1[N+](=O)[O-]. The minimum atomic E-state index is -0.585. The molecule has 5 nitrogen and oxygen atoms in total. The molecule has 70 valence electrons. The van der Waals surface area contributed by atoms with E-state index in [-0.39, 0.29) is 11.4 Å². The van der Waals surface area contributed by atoms with Crippen LogP contribution in [0.25, 0.3) is 0 Å². The van der Waals surface area contributed by atoms with Crippen LogP contribution in [0.5, 0.6) is 11.5 Å². The van der Waals surface area contributed by atoms with Crippen molar-refractivity contribution < 1.29 is 15.1 Å². The van der Waals surface area contributed by atoms with Crippen molar-refractivity contribution >= 4 is 5.69 Å². The standard InChI is InChI=1S/C8H9NO4/c1-2-5-3-7(10)8(11)4-6(5)9(12)13/h3-4,10-11H,2H2,1H3. The van der Waals surface area contributed by atoms with Gasteiger partial charge in [-0.2, -0.15) is 0 Å². The number of nitro benzene ring substituents is 1. The lowest BCUT2D eigenvalue weighted by Gasteiger charge is -2.02. The van der Waals surface area contributed by atoms with Gasteiger partial charge in [0.25, 0.3) is 5.69 Å². The molecule has 1 aromatic carbocycles. The van der Waals surface area contributed by atoms with Crippen LogP contribution >= 0.6 is 0 Å². The minimum absolute atomic E-state index is 0.169. The molecule has 0 fully saturated rings. The van der Waals surface area contributed by atoms with Crippen molar-refractivity contribution in [3.63, 3.8) is 0 Å². The second-order valence-electron chi connectivity index (χ2n) is 2.58. The largest absolute Gasteiger partial charge is 0.504 e. The van der Waals surface area contributed by atoms with Crippen molar-refractivity contribution in [3.05, 3.63) is 27.8 Å². The molecule has 0 aliphatic heterocycles. The molecule has 0 aromatic heterocycles. The predicted molar refractivity (Wildman–Crippen MR) is 45.8 cm³/mol. The predicted octanol–water partition coefficient (Wildman–Crippen LogP) is 1.57. The van der Waals surface area contributed by atoms with Gasteiger partial charge in [0.15, 0.2) is 11.5 Å². The summed E-state index contributed by atoms with van der Waals surface area (Å²) in [4.78, 5) is 9.87. The maximum atomic E-state index is 10.5. The highest BCUT2D eigenvalue weighted by Crippen LogP contribution is 2.32. The number of aryl methyl sites for hydroxylation is 1. The average molecular weight is 183 g/mol. The van der Waals surface area contributed by atoms with E-state index in [1.165, 1.54) is 6.07 Å². The van der Waals surface area contributed by atoms with Crippen LogP contribution in [-0.4, -0.2) is 15.1 Å². The van der Waals surface area contributed by atoms with Gasteiger partial charge in [-0.25, -0.2) is 0 Å². The quantitative estimate of drug-likeness (QED) is 0.414. The summed E-state index contributed by atoms with van der Waals surface area (Å²) in [6, 6.07) is 2.15. The van der Waals surface area contributed by atoms with E-state index in [0.29, 0.717) is 12.0 Å². The first-order chi connectivity index (χ1) is 6.06. The maximum Gasteiger partial charge on any atom is 0.276 e. The van der Waals surface area contributed by atoms with Crippen LogP contribution in [0.4, 0.5) is 5.69 Å². The third-order valence-corrected chi connectivity index (χ3v) is 1.75. The van der Waals surface area contributed by atoms with Crippen molar-refractivity contribution in [2.24, 2.45) is 0 Å². The Hall–Kier alpha value is -1.78. The Kier molecular flexibility index (Phi) is 2.36. The van der Waals surface area contributed by atoms with Gasteiger partial charge in [0.1, 0.15) is 0 Å². The fourth-order valence-electron chi connectivity index (χ4n) is 1.06. The molecule has 0 unspecified atom stereocenters. The van der Waals surface area contributed by atoms with Gasteiger partial charge in [0, 0.05) is 5.56 Å². The lowest BCUT2D eigenvalue weighted by atomic mass is 10.1. The lowest BCUT2D eigenvalue weighted by molar-refractivity contribution is -0.385. The highest BCUT2D eigenvalue weighted by molar-refractivity contribution is 5.52. The number of nitrogens with zero attached hydrogens (tertiary/aromatic N) is 1. The molecule has 0 aliphatic carbocycles. The number of rotatable bonds is 2. The molecule has 0 atom stereocenters. The summed E-state index contributed by atoms with van der Waals surface area (Å²) in [6.07, 6.45) is 0.435. The molecule has 0 radical (unpaired) electrons. The number of hydrogen-bond donors (Lipinski definition) is 2. The van der Waals surface area contributed by atoms with E-state index >= 15 is 0 Å². The van der Waals surface area contributed by atoms with Crippen molar-refractivity contribution in [3.8, 4) is 11.5 Å². The molecule has 1 aromatic rings. The molecule has 2 N–H and O–H groups in total. The summed E-state index contributed by atoms with van der Waals surface area (Å²) in [5.41, 5.74) is 0.234. The lowest BCUT2D eigenvalue weighted by Crippen LogP contribution is -1.93. The van der Waals surface area contributed by atoms with Crippen LogP contribution in [-0.2, 0) is 6.42 Å². The molecule has 0 amide bonds. The Morgan fingerprint density at radius 2 is 1.92 bits per heavy atom. The monoisotopic (exact) mass is 183 g/mol. The van der Waals surface area contributed by atoms with Gasteiger partial charge >= 0.3 is 0 Å². The number of nitro groups is 1. The first-order valence-corrected chi connectivity index (χ1v) is 3.75. The van der Waals surface area contributed by atoms with E-state index in [2.05, 4.69) is 0 Å². The van der Waals surface area contributed by atoms with Gasteiger partial charge in [-0.05, 0) is 12.5 Å². The molecular weight excluding hydrogens is 174 g/mol. The van der Waals surface area contributed by atoms with E-state index < -0.39 is 10.7 Å². The maximum absolute atomic E-state index is 10.5. The van der Waals surface area contributed by atoms with E-state index in [1.54, 1.807) is 6.92 Å². The second kappa shape index (κ2) is 3.30. The average Bonchev–Trinajstić information content (AvgIpc) is 2.08. The molecule has 0 spiro atoms. The molecule has 0 aliphatic rings. The second-order valence-corrected chi connectivity index (χ2v) is 2.58. The number of hydrogen-bond acceptors (Lipinski definition) is 4. The van der Waals surface area contributed by atoms with Gasteiger partial charge in [0.2, 0.25) is 0 Å². The Balaban J connectivity index is 3.33. The van der Waals surface area contributed by atoms with E-state index in [1.807, 2.05) is 0 Å². The van der Waals surface area contributed by atoms with Gasteiger partial charge in [-0.15, -0.1) is 0 Å². The molecule has 0 saturated carbocycles. The summed E-state index contributed by atoms with van der Waals surface area (Å²) in [6.45, 7) is 1.73. The van der Waals surface area contributed by atoms with E-state index in [9.17, 15) is 10.1 Å². The Morgan fingerprint density at radius 3 is 2.38 bits per heavy atom. The van der Waals surface area contributed by atoms with Crippen LogP contribution in [0.15, 0.2) is 12.1 Å². The van der Waals surface area contributed by atoms with Crippen molar-refractivity contribution in [1.82, 2.24) is 0 Å². The number of aromatic hydroxyl groups is 2. The molecular formula is C8H9NO4. The zero-order valence-electron chi connectivity index (χ0n) is 7.02. The van der Waals surface area contributed by atoms with Gasteiger partial charge in [-0.1, -0.05) is 6.92 Å². The van der Waals surface area contributed by atoms with Gasteiger partial charge in [0.05, 0.1) is 11.0 Å². The van der Waals surface area contributed by atoms with Crippen LogP contribution in [0, 0.1) is 10.1 Å². The van der Waals surface area contributed by atoms with Crippen LogP contribution in [0.2, 0.25) is 0 Å². The minimum Gasteiger partial charge on any atom is -0.504 e. The molecule has 5 heteroatoms. The van der Waals surface area contributed by atoms with Gasteiger partial charge < -0.3 is 10.2 Å². The summed E-state index contributed by atoms with van der Waals surface area (Å²) in [5.74, 6) is -0.800. The first kappa shape index (κ1) is 9.31. The molecule has 13 heavy (non-hydrogen) atoms. The normalized spacial score (nSPS) is 9.92. The number of phenols is 2. The fourth-order valence-corrected chi connectivity index (χ4v) is 1.06. The van der Waals surface area contributed by atoms with Gasteiger partial charge in [-0.3, -0.25) is 10.1 Å². The summed E-state index contributed by atoms with van der Waals surface area (Å²) in [7, 11) is 0. The van der Waals surface area contributed by atoms with Crippen LogP contribution in [0.3, 0.4) is 0 Å². The smallest absolute Gasteiger partial charge is 0.276 e. The zero-order valence-corrected chi connectivity index (χ0v) is 7.02. The zero-order chi connectivity index (χ0) is 10.0. The van der Waals surface area contributed by atoms with Crippen LogP contribution in [0.1, 0.15) is 12.5 Å². The Bertz CT molecular complexity index is 348. The summed E-state index contributed by atoms with van der Waals surface area (Å²) in [5, 5.41) is 28.5. The molecule has 1 rings (SSSR count). The highest BCUT2D eigenvalue weighted by atomic mass is 16.6. The van der Waals surface area contributed by atoms with Crippen LogP contribution < -0.4 is 0 Å². The van der Waals surface area contributed by atoms with Crippen molar-refractivity contribution in [1.29, 1.82) is 0 Å². The first-order valence-electron chi connectivity index (χ1n) is 3.75. The third kappa shape index (κ3) is 1.69. The fraction of sp³-hybridized carbons (Fsp3) is 0.250. The van der Waals surface area contributed by atoms with E-state index in [0.717, 1.165) is 6.07 Å². The van der Waals surface area contributed by atoms with E-state index in [4.69, 9.17) is 10.2 Å². The Morgan fingerprint density at radius 1 is 1.38 bits per heavy atom. The highest BCUT2D eigenvalue weighted by Gasteiger charge is 2.15. The summed E-state index contributed by atoms with van der Waals surface area (Å²) >= 11 is 0. The topological polar surface area (TPSA) is 83.6 Å². The molecule has 0 heterocycles. The van der Waals surface area contributed by atoms with Crippen molar-refractivity contribution in [2.75, 3.05) is 0 Å². The molecule has 0 saturated heterocycles.